The van der Waals surface area contributed by atoms with Gasteiger partial charge in [0.25, 0.3) is 0 Å². The molecule has 0 aliphatic carbocycles. The summed E-state index contributed by atoms with van der Waals surface area (Å²) in [4.78, 5) is 5.82. The van der Waals surface area contributed by atoms with Crippen LogP contribution in [0.25, 0.3) is 0 Å². The van der Waals surface area contributed by atoms with Crippen molar-refractivity contribution in [3.8, 4) is 0 Å². The van der Waals surface area contributed by atoms with Crippen LogP contribution in [0.4, 0.5) is 4.39 Å². The molecule has 1 aromatic carbocycles. The van der Waals surface area contributed by atoms with Crippen molar-refractivity contribution in [2.24, 2.45) is 0 Å². The molecular formula is C16H21FN2S. The molecule has 0 amide bonds. The van der Waals surface area contributed by atoms with Crippen molar-refractivity contribution in [2.45, 2.75) is 46.2 Å². The van der Waals surface area contributed by atoms with Gasteiger partial charge in [0.05, 0.1) is 10.7 Å². The third-order valence-corrected chi connectivity index (χ3v) is 4.33. The molecule has 0 aliphatic heterocycles. The number of benzene rings is 1. The molecule has 1 atom stereocenters. The van der Waals surface area contributed by atoms with Crippen molar-refractivity contribution in [1.82, 2.24) is 10.3 Å². The van der Waals surface area contributed by atoms with E-state index in [-0.39, 0.29) is 11.9 Å². The Morgan fingerprint density at radius 1 is 1.35 bits per heavy atom. The lowest BCUT2D eigenvalue weighted by Crippen LogP contribution is -2.27. The number of hydrogen-bond donors (Lipinski definition) is 1. The van der Waals surface area contributed by atoms with Gasteiger partial charge < -0.3 is 5.32 Å². The molecular weight excluding hydrogens is 271 g/mol. The van der Waals surface area contributed by atoms with Gasteiger partial charge in [-0.1, -0.05) is 25.1 Å². The van der Waals surface area contributed by atoms with Gasteiger partial charge in [-0.15, -0.1) is 11.3 Å². The molecule has 1 aromatic heterocycles. The number of halogens is 1. The van der Waals surface area contributed by atoms with Crippen LogP contribution in [-0.4, -0.2) is 11.0 Å². The van der Waals surface area contributed by atoms with E-state index in [1.165, 1.54) is 16.6 Å². The Balaban J connectivity index is 1.92. The average molecular weight is 292 g/mol. The maximum Gasteiger partial charge on any atom is 0.126 e. The average Bonchev–Trinajstić information content (AvgIpc) is 2.79. The maximum atomic E-state index is 13.6. The zero-order chi connectivity index (χ0) is 14.5. The molecule has 1 heterocycles. The van der Waals surface area contributed by atoms with E-state index in [4.69, 9.17) is 0 Å². The zero-order valence-electron chi connectivity index (χ0n) is 12.2. The molecule has 0 fully saturated rings. The summed E-state index contributed by atoms with van der Waals surface area (Å²) in [5.41, 5.74) is 1.95. The minimum Gasteiger partial charge on any atom is -0.309 e. The fraction of sp³-hybridized carbons (Fsp3) is 0.438. The van der Waals surface area contributed by atoms with Crippen molar-refractivity contribution in [2.75, 3.05) is 0 Å². The van der Waals surface area contributed by atoms with Crippen molar-refractivity contribution in [3.05, 3.63) is 51.2 Å². The Kier molecular flexibility index (Phi) is 5.26. The number of hydrogen-bond acceptors (Lipinski definition) is 3. The van der Waals surface area contributed by atoms with Gasteiger partial charge in [-0.05, 0) is 38.3 Å². The third-order valence-electron chi connectivity index (χ3n) is 3.32. The van der Waals surface area contributed by atoms with Crippen LogP contribution in [0.2, 0.25) is 0 Å². The Labute approximate surface area is 124 Å². The molecule has 108 valence electrons. The predicted molar refractivity (Wildman–Crippen MR) is 82.6 cm³/mol. The summed E-state index contributed by atoms with van der Waals surface area (Å²) in [5, 5.41) is 4.58. The summed E-state index contributed by atoms with van der Waals surface area (Å²) >= 11 is 1.74. The minimum atomic E-state index is -0.121. The van der Waals surface area contributed by atoms with Gasteiger partial charge >= 0.3 is 0 Å². The molecule has 0 saturated heterocycles. The van der Waals surface area contributed by atoms with E-state index in [1.807, 2.05) is 19.1 Å². The fourth-order valence-electron chi connectivity index (χ4n) is 2.26. The summed E-state index contributed by atoms with van der Waals surface area (Å²) in [5.74, 6) is -0.121. The number of nitrogens with one attached hydrogen (secondary N) is 1. The van der Waals surface area contributed by atoms with E-state index in [0.717, 1.165) is 23.5 Å². The molecule has 0 bridgehead atoms. The first kappa shape index (κ1) is 15.1. The van der Waals surface area contributed by atoms with E-state index in [0.29, 0.717) is 6.42 Å². The lowest BCUT2D eigenvalue weighted by Gasteiger charge is -2.14. The van der Waals surface area contributed by atoms with Gasteiger partial charge in [0.1, 0.15) is 5.82 Å². The van der Waals surface area contributed by atoms with Gasteiger partial charge in [0, 0.05) is 17.5 Å². The van der Waals surface area contributed by atoms with E-state index in [1.54, 1.807) is 17.4 Å². The number of thiazole rings is 1. The smallest absolute Gasteiger partial charge is 0.126 e. The molecule has 0 radical (unpaired) electrons. The Morgan fingerprint density at radius 2 is 2.10 bits per heavy atom. The van der Waals surface area contributed by atoms with Crippen LogP contribution in [0.3, 0.4) is 0 Å². The molecule has 0 spiro atoms. The molecule has 2 rings (SSSR count). The van der Waals surface area contributed by atoms with Crippen LogP contribution < -0.4 is 5.32 Å². The Morgan fingerprint density at radius 3 is 2.80 bits per heavy atom. The largest absolute Gasteiger partial charge is 0.309 e. The topological polar surface area (TPSA) is 24.9 Å². The quantitative estimate of drug-likeness (QED) is 0.874. The highest BCUT2D eigenvalue weighted by molar-refractivity contribution is 7.11. The number of nitrogens with zero attached hydrogens (tertiary/aromatic N) is 1. The minimum absolute atomic E-state index is 0.121. The first-order chi connectivity index (χ1) is 9.60. The van der Waals surface area contributed by atoms with Crippen LogP contribution in [0.1, 0.15) is 35.0 Å². The van der Waals surface area contributed by atoms with E-state index in [2.05, 4.69) is 24.1 Å². The summed E-state index contributed by atoms with van der Waals surface area (Å²) in [6.45, 7) is 7.06. The van der Waals surface area contributed by atoms with Gasteiger partial charge in [-0.2, -0.15) is 0 Å². The third kappa shape index (κ3) is 3.87. The highest BCUT2D eigenvalue weighted by Gasteiger charge is 2.10. The molecule has 4 heteroatoms. The van der Waals surface area contributed by atoms with Crippen molar-refractivity contribution < 1.29 is 4.39 Å². The van der Waals surface area contributed by atoms with Crippen LogP contribution in [0.15, 0.2) is 24.3 Å². The van der Waals surface area contributed by atoms with E-state index in [9.17, 15) is 4.39 Å². The highest BCUT2D eigenvalue weighted by Crippen LogP contribution is 2.18. The second-order valence-electron chi connectivity index (χ2n) is 5.03. The number of aryl methyl sites for hydroxylation is 2. The zero-order valence-corrected chi connectivity index (χ0v) is 13.1. The second-order valence-corrected chi connectivity index (χ2v) is 6.32. The van der Waals surface area contributed by atoms with Gasteiger partial charge in [-0.25, -0.2) is 9.37 Å². The first-order valence-corrected chi connectivity index (χ1v) is 7.83. The van der Waals surface area contributed by atoms with Gasteiger partial charge in [0.15, 0.2) is 0 Å². The molecule has 1 N–H and O–H groups in total. The summed E-state index contributed by atoms with van der Waals surface area (Å²) in [7, 11) is 0. The van der Waals surface area contributed by atoms with E-state index < -0.39 is 0 Å². The standard InChI is InChI=1S/C16H21FN2S/c1-4-15-16(20-12(3)19-15)10-18-11(2)9-13-7-5-6-8-14(13)17/h5-8,11,18H,4,9-10H2,1-3H3. The van der Waals surface area contributed by atoms with Gasteiger partial charge in [-0.3, -0.25) is 0 Å². The second kappa shape index (κ2) is 6.95. The first-order valence-electron chi connectivity index (χ1n) is 7.02. The normalized spacial score (nSPS) is 12.6. The van der Waals surface area contributed by atoms with Crippen molar-refractivity contribution in [3.63, 3.8) is 0 Å². The van der Waals surface area contributed by atoms with Crippen molar-refractivity contribution in [1.29, 1.82) is 0 Å². The SMILES string of the molecule is CCc1nc(C)sc1CNC(C)Cc1ccccc1F. The van der Waals surface area contributed by atoms with Gasteiger partial charge in [0.2, 0.25) is 0 Å². The molecule has 2 nitrogen and oxygen atoms in total. The molecule has 0 aliphatic rings. The predicted octanol–water partition coefficient (Wildman–Crippen LogP) is 3.87. The molecule has 2 aromatic rings. The van der Waals surface area contributed by atoms with Crippen LogP contribution >= 0.6 is 11.3 Å². The highest BCUT2D eigenvalue weighted by atomic mass is 32.1. The van der Waals surface area contributed by atoms with Crippen molar-refractivity contribution >= 4 is 11.3 Å². The number of aromatic nitrogens is 1. The lowest BCUT2D eigenvalue weighted by atomic mass is 10.1. The Hall–Kier alpha value is -1.26. The van der Waals surface area contributed by atoms with Crippen LogP contribution in [-0.2, 0) is 19.4 Å². The van der Waals surface area contributed by atoms with Crippen LogP contribution in [0, 0.1) is 12.7 Å². The summed E-state index contributed by atoms with van der Waals surface area (Å²) in [6, 6.07) is 7.21. The molecule has 20 heavy (non-hydrogen) atoms. The van der Waals surface area contributed by atoms with E-state index >= 15 is 0 Å². The maximum absolute atomic E-state index is 13.6. The van der Waals surface area contributed by atoms with Crippen LogP contribution in [0.5, 0.6) is 0 Å². The summed E-state index contributed by atoms with van der Waals surface area (Å²) in [6.07, 6.45) is 1.66. The molecule has 0 saturated carbocycles. The number of rotatable bonds is 6. The monoisotopic (exact) mass is 292 g/mol. The molecule has 1 unspecified atom stereocenters. The lowest BCUT2D eigenvalue weighted by molar-refractivity contribution is 0.527. The Bertz CT molecular complexity index is 565. The fourth-order valence-corrected chi connectivity index (χ4v) is 3.24. The summed E-state index contributed by atoms with van der Waals surface area (Å²) < 4.78 is 13.6.